The standard InChI is InChI=1S/C15H11ClN2O5/c16-8-1-3-11-7(5-8)6-9(15(22)23-11)13(20)17-10-2-4-12(19)18-14(10)21/h1,3,5-6,10H,2,4H2,(H,17,20)(H,18,19,21). The first-order valence-electron chi connectivity index (χ1n) is 6.82. The van der Waals surface area contributed by atoms with Crippen LogP contribution >= 0.6 is 11.6 Å². The van der Waals surface area contributed by atoms with Gasteiger partial charge in [0, 0.05) is 16.8 Å². The van der Waals surface area contributed by atoms with Crippen molar-refractivity contribution in [3.8, 4) is 0 Å². The second-order valence-corrected chi connectivity index (χ2v) is 5.54. The summed E-state index contributed by atoms with van der Waals surface area (Å²) in [7, 11) is 0. The Morgan fingerprint density at radius 2 is 2.04 bits per heavy atom. The summed E-state index contributed by atoms with van der Waals surface area (Å²) in [5.41, 5.74) is -0.744. The van der Waals surface area contributed by atoms with Gasteiger partial charge in [0.05, 0.1) is 0 Å². The lowest BCUT2D eigenvalue weighted by atomic mass is 10.1. The predicted molar refractivity (Wildman–Crippen MR) is 81.1 cm³/mol. The van der Waals surface area contributed by atoms with Gasteiger partial charge in [0.2, 0.25) is 11.8 Å². The Bertz CT molecular complexity index is 889. The van der Waals surface area contributed by atoms with Gasteiger partial charge >= 0.3 is 5.63 Å². The molecule has 0 bridgehead atoms. The Hall–Kier alpha value is -2.67. The lowest BCUT2D eigenvalue weighted by Crippen LogP contribution is -2.52. The maximum Gasteiger partial charge on any atom is 0.349 e. The normalized spacial score (nSPS) is 17.9. The number of amides is 3. The largest absolute Gasteiger partial charge is 0.422 e. The summed E-state index contributed by atoms with van der Waals surface area (Å²) in [6.45, 7) is 0. The molecule has 2 N–H and O–H groups in total. The Kier molecular flexibility index (Phi) is 3.87. The van der Waals surface area contributed by atoms with Crippen molar-refractivity contribution >= 4 is 40.3 Å². The molecule has 7 nitrogen and oxygen atoms in total. The monoisotopic (exact) mass is 334 g/mol. The van der Waals surface area contributed by atoms with Crippen LogP contribution in [-0.2, 0) is 9.59 Å². The summed E-state index contributed by atoms with van der Waals surface area (Å²) < 4.78 is 5.07. The molecular formula is C15H11ClN2O5. The molecule has 1 aliphatic rings. The number of piperidine rings is 1. The summed E-state index contributed by atoms with van der Waals surface area (Å²) in [4.78, 5) is 46.9. The van der Waals surface area contributed by atoms with Crippen LogP contribution in [0.2, 0.25) is 5.02 Å². The molecule has 1 unspecified atom stereocenters. The number of halogens is 1. The van der Waals surface area contributed by atoms with Crippen molar-refractivity contribution in [2.75, 3.05) is 0 Å². The van der Waals surface area contributed by atoms with Gasteiger partial charge in [-0.3, -0.25) is 19.7 Å². The van der Waals surface area contributed by atoms with E-state index in [0.717, 1.165) is 0 Å². The quantitative estimate of drug-likeness (QED) is 0.629. The van der Waals surface area contributed by atoms with Crippen LogP contribution in [0, 0.1) is 0 Å². The Morgan fingerprint density at radius 3 is 2.78 bits per heavy atom. The molecule has 0 radical (unpaired) electrons. The second kappa shape index (κ2) is 5.85. The van der Waals surface area contributed by atoms with Gasteiger partial charge < -0.3 is 9.73 Å². The van der Waals surface area contributed by atoms with Gasteiger partial charge in [0.25, 0.3) is 5.91 Å². The first-order chi connectivity index (χ1) is 10.9. The molecule has 0 spiro atoms. The van der Waals surface area contributed by atoms with Crippen LogP contribution in [0.1, 0.15) is 23.2 Å². The molecule has 118 valence electrons. The molecule has 1 aromatic heterocycles. The van der Waals surface area contributed by atoms with Gasteiger partial charge in [-0.2, -0.15) is 0 Å². The van der Waals surface area contributed by atoms with E-state index in [0.29, 0.717) is 16.0 Å². The zero-order chi connectivity index (χ0) is 16.6. The zero-order valence-electron chi connectivity index (χ0n) is 11.7. The van der Waals surface area contributed by atoms with E-state index < -0.39 is 23.5 Å². The summed E-state index contributed by atoms with van der Waals surface area (Å²) in [5.74, 6) is -1.72. The van der Waals surface area contributed by atoms with Gasteiger partial charge in [0.15, 0.2) is 0 Å². The third-order valence-electron chi connectivity index (χ3n) is 3.48. The number of benzene rings is 1. The Balaban J connectivity index is 1.88. The number of rotatable bonds is 2. The molecular weight excluding hydrogens is 324 g/mol. The van der Waals surface area contributed by atoms with Crippen LogP contribution in [0.4, 0.5) is 0 Å². The van der Waals surface area contributed by atoms with E-state index in [-0.39, 0.29) is 24.3 Å². The summed E-state index contributed by atoms with van der Waals surface area (Å²) in [6.07, 6.45) is 0.305. The molecule has 2 aromatic rings. The van der Waals surface area contributed by atoms with Gasteiger partial charge in [0.1, 0.15) is 17.2 Å². The van der Waals surface area contributed by atoms with E-state index in [9.17, 15) is 19.2 Å². The first-order valence-corrected chi connectivity index (χ1v) is 7.20. The molecule has 3 rings (SSSR count). The molecule has 23 heavy (non-hydrogen) atoms. The minimum absolute atomic E-state index is 0.124. The van der Waals surface area contributed by atoms with Crippen LogP contribution in [0.5, 0.6) is 0 Å². The topological polar surface area (TPSA) is 105 Å². The number of hydrogen-bond acceptors (Lipinski definition) is 5. The summed E-state index contributed by atoms with van der Waals surface area (Å²) in [6, 6.07) is 5.14. The maximum atomic E-state index is 12.2. The van der Waals surface area contributed by atoms with Crippen molar-refractivity contribution in [2.45, 2.75) is 18.9 Å². The van der Waals surface area contributed by atoms with Gasteiger partial charge in [-0.15, -0.1) is 0 Å². The van der Waals surface area contributed by atoms with Crippen LogP contribution in [0.15, 0.2) is 33.5 Å². The lowest BCUT2D eigenvalue weighted by Gasteiger charge is -2.21. The fourth-order valence-corrected chi connectivity index (χ4v) is 2.50. The minimum atomic E-state index is -0.866. The van der Waals surface area contributed by atoms with Gasteiger partial charge in [-0.1, -0.05) is 11.6 Å². The summed E-state index contributed by atoms with van der Waals surface area (Å²) >= 11 is 5.87. The molecule has 1 atom stereocenters. The van der Waals surface area contributed by atoms with E-state index in [4.69, 9.17) is 16.0 Å². The van der Waals surface area contributed by atoms with Crippen LogP contribution < -0.4 is 16.3 Å². The molecule has 1 aromatic carbocycles. The molecule has 8 heteroatoms. The zero-order valence-corrected chi connectivity index (χ0v) is 12.5. The van der Waals surface area contributed by atoms with Crippen molar-refractivity contribution < 1.29 is 18.8 Å². The van der Waals surface area contributed by atoms with Crippen molar-refractivity contribution in [3.63, 3.8) is 0 Å². The number of fused-ring (bicyclic) bond motifs is 1. The second-order valence-electron chi connectivity index (χ2n) is 5.11. The van der Waals surface area contributed by atoms with Crippen LogP contribution in [0.25, 0.3) is 11.0 Å². The highest BCUT2D eigenvalue weighted by molar-refractivity contribution is 6.31. The molecule has 1 fully saturated rings. The fraction of sp³-hybridized carbons (Fsp3) is 0.200. The highest BCUT2D eigenvalue weighted by Crippen LogP contribution is 2.19. The first kappa shape index (κ1) is 15.2. The van der Waals surface area contributed by atoms with Crippen molar-refractivity contribution in [2.24, 2.45) is 0 Å². The number of nitrogens with one attached hydrogen (secondary N) is 2. The van der Waals surface area contributed by atoms with E-state index in [1.165, 1.54) is 12.1 Å². The maximum absolute atomic E-state index is 12.2. The van der Waals surface area contributed by atoms with Crippen molar-refractivity contribution in [1.82, 2.24) is 10.6 Å². The lowest BCUT2D eigenvalue weighted by molar-refractivity contribution is -0.134. The number of carbonyl (C=O) groups is 3. The highest BCUT2D eigenvalue weighted by Gasteiger charge is 2.29. The Labute approximate surface area is 134 Å². The SMILES string of the molecule is O=C1CCC(NC(=O)c2cc3cc(Cl)ccc3oc2=O)C(=O)N1. The number of imide groups is 1. The number of carbonyl (C=O) groups excluding carboxylic acids is 3. The van der Waals surface area contributed by atoms with Crippen LogP contribution in [-0.4, -0.2) is 23.8 Å². The average molecular weight is 335 g/mol. The predicted octanol–water partition coefficient (Wildman–Crippen LogP) is 0.981. The summed E-state index contributed by atoms with van der Waals surface area (Å²) in [5, 5.41) is 5.48. The molecule has 0 saturated carbocycles. The average Bonchev–Trinajstić information content (AvgIpc) is 2.49. The molecule has 1 saturated heterocycles. The third-order valence-corrected chi connectivity index (χ3v) is 3.72. The van der Waals surface area contributed by atoms with Crippen LogP contribution in [0.3, 0.4) is 0 Å². The molecule has 3 amide bonds. The molecule has 0 aliphatic carbocycles. The fourth-order valence-electron chi connectivity index (χ4n) is 2.32. The third kappa shape index (κ3) is 3.09. The van der Waals surface area contributed by atoms with E-state index in [1.807, 2.05) is 0 Å². The van der Waals surface area contributed by atoms with Gasteiger partial charge in [-0.25, -0.2) is 4.79 Å². The van der Waals surface area contributed by atoms with Gasteiger partial charge in [-0.05, 0) is 30.7 Å². The number of hydrogen-bond donors (Lipinski definition) is 2. The Morgan fingerprint density at radius 1 is 1.26 bits per heavy atom. The van der Waals surface area contributed by atoms with E-state index in [2.05, 4.69) is 10.6 Å². The van der Waals surface area contributed by atoms with E-state index in [1.54, 1.807) is 12.1 Å². The smallest absolute Gasteiger partial charge is 0.349 e. The molecule has 2 heterocycles. The minimum Gasteiger partial charge on any atom is -0.422 e. The molecule has 1 aliphatic heterocycles. The van der Waals surface area contributed by atoms with E-state index >= 15 is 0 Å². The van der Waals surface area contributed by atoms with Crippen molar-refractivity contribution in [3.05, 3.63) is 45.3 Å². The van der Waals surface area contributed by atoms with Crippen molar-refractivity contribution in [1.29, 1.82) is 0 Å². The highest BCUT2D eigenvalue weighted by atomic mass is 35.5.